The van der Waals surface area contributed by atoms with E-state index in [1.807, 2.05) is 6.20 Å². The Kier molecular flexibility index (Phi) is 3.25. The summed E-state index contributed by atoms with van der Waals surface area (Å²) in [6.45, 7) is 3.22. The van der Waals surface area contributed by atoms with Crippen LogP contribution in [0.5, 0.6) is 0 Å². The minimum atomic E-state index is 0.953. The second-order valence-corrected chi connectivity index (χ2v) is 5.52. The number of nitrogens with one attached hydrogen (secondary N) is 1. The van der Waals surface area contributed by atoms with Crippen molar-refractivity contribution in [1.29, 1.82) is 0 Å². The molecule has 1 aliphatic rings. The molecular formula is C13H17N3S. The Bertz CT molecular complexity index is 457. The maximum atomic E-state index is 4.43. The first-order valence-electron chi connectivity index (χ1n) is 6.19. The van der Waals surface area contributed by atoms with Crippen LogP contribution >= 0.6 is 11.3 Å². The number of nitrogens with zero attached hydrogens (tertiary/aromatic N) is 2. The van der Waals surface area contributed by atoms with E-state index in [1.165, 1.54) is 24.3 Å². The molecule has 0 aliphatic heterocycles. The van der Waals surface area contributed by atoms with Gasteiger partial charge in [-0.15, -0.1) is 11.3 Å². The average molecular weight is 247 g/mol. The van der Waals surface area contributed by atoms with Gasteiger partial charge in [-0.3, -0.25) is 0 Å². The zero-order chi connectivity index (χ0) is 11.5. The molecule has 1 saturated carbocycles. The van der Waals surface area contributed by atoms with Crippen LogP contribution in [0, 0.1) is 5.92 Å². The minimum absolute atomic E-state index is 0.953. The van der Waals surface area contributed by atoms with E-state index in [0.717, 1.165) is 24.8 Å². The molecule has 0 saturated heterocycles. The normalized spacial score (nSPS) is 15.3. The lowest BCUT2D eigenvalue weighted by Gasteiger charge is -2.07. The molecule has 0 spiro atoms. The van der Waals surface area contributed by atoms with E-state index in [2.05, 4.69) is 38.6 Å². The fraction of sp³-hybridized carbons (Fsp3) is 0.462. The summed E-state index contributed by atoms with van der Waals surface area (Å²) in [5.41, 5.74) is 0. The Morgan fingerprint density at radius 3 is 3.18 bits per heavy atom. The predicted molar refractivity (Wildman–Crippen MR) is 71.1 cm³/mol. The van der Waals surface area contributed by atoms with Crippen LogP contribution in [0.25, 0.3) is 10.7 Å². The molecular weight excluding hydrogens is 230 g/mol. The average Bonchev–Trinajstić information content (AvgIpc) is 2.82. The highest BCUT2D eigenvalue weighted by Crippen LogP contribution is 2.27. The number of hydrogen-bond donors (Lipinski definition) is 1. The fourth-order valence-corrected chi connectivity index (χ4v) is 2.68. The van der Waals surface area contributed by atoms with Gasteiger partial charge >= 0.3 is 0 Å². The van der Waals surface area contributed by atoms with Gasteiger partial charge in [-0.25, -0.2) is 4.98 Å². The maximum absolute atomic E-state index is 4.43. The summed E-state index contributed by atoms with van der Waals surface area (Å²) in [5.74, 6) is 2.04. The molecule has 90 valence electrons. The third-order valence-electron chi connectivity index (χ3n) is 3.12. The van der Waals surface area contributed by atoms with Crippen LogP contribution in [-0.2, 0) is 6.54 Å². The molecule has 0 aromatic carbocycles. The SMILES string of the molecule is c1csc(-c2nccn2CCNCC2CC2)c1. The Balaban J connectivity index is 1.57. The number of imidazole rings is 1. The van der Waals surface area contributed by atoms with Crippen LogP contribution < -0.4 is 5.32 Å². The van der Waals surface area contributed by atoms with E-state index >= 15 is 0 Å². The number of thiophene rings is 1. The Hall–Kier alpha value is -1.13. The first-order valence-corrected chi connectivity index (χ1v) is 7.07. The van der Waals surface area contributed by atoms with Crippen molar-refractivity contribution in [3.05, 3.63) is 29.9 Å². The summed E-state index contributed by atoms with van der Waals surface area (Å²) in [4.78, 5) is 5.68. The summed E-state index contributed by atoms with van der Waals surface area (Å²) < 4.78 is 2.23. The first kappa shape index (κ1) is 11.0. The van der Waals surface area contributed by atoms with E-state index in [4.69, 9.17) is 0 Å². The molecule has 0 amide bonds. The molecule has 17 heavy (non-hydrogen) atoms. The summed E-state index contributed by atoms with van der Waals surface area (Å²) in [6.07, 6.45) is 6.78. The molecule has 2 aromatic heterocycles. The Morgan fingerprint density at radius 1 is 1.47 bits per heavy atom. The van der Waals surface area contributed by atoms with Crippen molar-refractivity contribution in [2.75, 3.05) is 13.1 Å². The molecule has 1 N–H and O–H groups in total. The van der Waals surface area contributed by atoms with Gasteiger partial charge in [0, 0.05) is 25.5 Å². The standard InChI is InChI=1S/C13H17N3S/c1-2-12(17-9-1)13-15-6-8-16(13)7-5-14-10-11-3-4-11/h1-2,6,8-9,11,14H,3-5,7,10H2. The van der Waals surface area contributed by atoms with Crippen molar-refractivity contribution in [2.24, 2.45) is 5.92 Å². The van der Waals surface area contributed by atoms with Crippen molar-refractivity contribution in [3.63, 3.8) is 0 Å². The smallest absolute Gasteiger partial charge is 0.150 e. The molecule has 1 aliphatic carbocycles. The van der Waals surface area contributed by atoms with Crippen LogP contribution in [0.3, 0.4) is 0 Å². The van der Waals surface area contributed by atoms with E-state index in [1.54, 1.807) is 11.3 Å². The van der Waals surface area contributed by atoms with Crippen LogP contribution in [-0.4, -0.2) is 22.6 Å². The lowest BCUT2D eigenvalue weighted by atomic mass is 10.4. The van der Waals surface area contributed by atoms with Gasteiger partial charge < -0.3 is 9.88 Å². The Labute approximate surface area is 106 Å². The summed E-state index contributed by atoms with van der Waals surface area (Å²) >= 11 is 1.75. The lowest BCUT2D eigenvalue weighted by Crippen LogP contribution is -2.22. The quantitative estimate of drug-likeness (QED) is 0.795. The third-order valence-corrected chi connectivity index (χ3v) is 3.98. The maximum Gasteiger partial charge on any atom is 0.150 e. The van der Waals surface area contributed by atoms with Crippen LogP contribution in [0.4, 0.5) is 0 Å². The molecule has 2 aromatic rings. The molecule has 0 radical (unpaired) electrons. The highest BCUT2D eigenvalue weighted by atomic mass is 32.1. The van der Waals surface area contributed by atoms with Crippen LogP contribution in [0.1, 0.15) is 12.8 Å². The van der Waals surface area contributed by atoms with Crippen LogP contribution in [0.2, 0.25) is 0 Å². The summed E-state index contributed by atoms with van der Waals surface area (Å²) in [7, 11) is 0. The monoisotopic (exact) mass is 247 g/mol. The molecule has 0 bridgehead atoms. The van der Waals surface area contributed by atoms with Crippen molar-refractivity contribution >= 4 is 11.3 Å². The highest BCUT2D eigenvalue weighted by molar-refractivity contribution is 7.13. The topological polar surface area (TPSA) is 29.9 Å². The molecule has 1 fully saturated rings. The van der Waals surface area contributed by atoms with Gasteiger partial charge in [-0.1, -0.05) is 6.07 Å². The second kappa shape index (κ2) is 5.02. The van der Waals surface area contributed by atoms with Crippen molar-refractivity contribution in [1.82, 2.24) is 14.9 Å². The molecule has 4 heteroatoms. The van der Waals surface area contributed by atoms with Gasteiger partial charge in [0.05, 0.1) is 4.88 Å². The van der Waals surface area contributed by atoms with Gasteiger partial charge in [0.2, 0.25) is 0 Å². The predicted octanol–water partition coefficient (Wildman–Crippen LogP) is 2.61. The Morgan fingerprint density at radius 2 is 2.41 bits per heavy atom. The van der Waals surface area contributed by atoms with Crippen molar-refractivity contribution < 1.29 is 0 Å². The zero-order valence-electron chi connectivity index (χ0n) is 9.80. The van der Waals surface area contributed by atoms with Crippen LogP contribution in [0.15, 0.2) is 29.9 Å². The molecule has 3 rings (SSSR count). The van der Waals surface area contributed by atoms with Gasteiger partial charge in [0.1, 0.15) is 5.82 Å². The molecule has 2 heterocycles. The van der Waals surface area contributed by atoms with Gasteiger partial charge in [0.25, 0.3) is 0 Å². The summed E-state index contributed by atoms with van der Waals surface area (Å²) in [6, 6.07) is 4.20. The van der Waals surface area contributed by atoms with Gasteiger partial charge in [-0.05, 0) is 36.8 Å². The molecule has 0 unspecified atom stereocenters. The van der Waals surface area contributed by atoms with E-state index in [9.17, 15) is 0 Å². The second-order valence-electron chi connectivity index (χ2n) is 4.57. The number of rotatable bonds is 6. The van der Waals surface area contributed by atoms with E-state index in [0.29, 0.717) is 0 Å². The number of hydrogen-bond acceptors (Lipinski definition) is 3. The van der Waals surface area contributed by atoms with Gasteiger partial charge in [-0.2, -0.15) is 0 Å². The highest BCUT2D eigenvalue weighted by Gasteiger charge is 2.20. The zero-order valence-corrected chi connectivity index (χ0v) is 10.6. The molecule has 3 nitrogen and oxygen atoms in total. The minimum Gasteiger partial charge on any atom is -0.329 e. The summed E-state index contributed by atoms with van der Waals surface area (Å²) in [5, 5.41) is 5.61. The van der Waals surface area contributed by atoms with Gasteiger partial charge in [0.15, 0.2) is 0 Å². The van der Waals surface area contributed by atoms with E-state index in [-0.39, 0.29) is 0 Å². The molecule has 0 atom stereocenters. The third kappa shape index (κ3) is 2.76. The largest absolute Gasteiger partial charge is 0.329 e. The first-order chi connectivity index (χ1) is 8.43. The fourth-order valence-electron chi connectivity index (χ4n) is 1.95. The number of aromatic nitrogens is 2. The van der Waals surface area contributed by atoms with E-state index < -0.39 is 0 Å². The lowest BCUT2D eigenvalue weighted by molar-refractivity contribution is 0.579. The van der Waals surface area contributed by atoms with Crippen molar-refractivity contribution in [3.8, 4) is 10.7 Å². The van der Waals surface area contributed by atoms with Crippen molar-refractivity contribution in [2.45, 2.75) is 19.4 Å².